The molecular weight excluding hydrogens is 344 g/mol. The molecule has 2 aromatic rings. The second-order valence-corrected chi connectivity index (χ2v) is 5.70. The highest BCUT2D eigenvalue weighted by molar-refractivity contribution is 5.85. The van der Waals surface area contributed by atoms with E-state index < -0.39 is 35.8 Å². The van der Waals surface area contributed by atoms with Crippen molar-refractivity contribution in [3.63, 3.8) is 0 Å². The van der Waals surface area contributed by atoms with Gasteiger partial charge in [0.15, 0.2) is 0 Å². The number of ether oxygens (including phenoxy) is 1. The van der Waals surface area contributed by atoms with Crippen molar-refractivity contribution in [3.8, 4) is 5.75 Å². The van der Waals surface area contributed by atoms with Crippen LogP contribution >= 0.6 is 0 Å². The maximum atomic E-state index is 14.2. The van der Waals surface area contributed by atoms with Gasteiger partial charge in [0.05, 0.1) is 13.0 Å². The van der Waals surface area contributed by atoms with Crippen molar-refractivity contribution in [2.45, 2.75) is 12.3 Å². The molecule has 1 atom stereocenters. The number of alkyl halides is 2. The molecule has 0 aliphatic carbocycles. The molecule has 5 nitrogen and oxygen atoms in total. The SMILES string of the molecule is COc1ccccc1CC(CNC(=O)C(F)(F)c1ccccc1)C(=O)O. The molecule has 0 fully saturated rings. The van der Waals surface area contributed by atoms with Gasteiger partial charge in [-0.15, -0.1) is 0 Å². The fraction of sp³-hybridized carbons (Fsp3) is 0.263. The van der Waals surface area contributed by atoms with Crippen LogP contribution in [0.25, 0.3) is 0 Å². The summed E-state index contributed by atoms with van der Waals surface area (Å²) >= 11 is 0. The number of amides is 1. The normalized spacial score (nSPS) is 12.3. The van der Waals surface area contributed by atoms with Crippen LogP contribution in [0.5, 0.6) is 5.75 Å². The Morgan fingerprint density at radius 2 is 1.73 bits per heavy atom. The van der Waals surface area contributed by atoms with Crippen molar-refractivity contribution in [1.29, 1.82) is 0 Å². The molecule has 0 saturated carbocycles. The number of nitrogens with one attached hydrogen (secondary N) is 1. The number of hydrogen-bond acceptors (Lipinski definition) is 3. The van der Waals surface area contributed by atoms with Gasteiger partial charge < -0.3 is 15.2 Å². The Morgan fingerprint density at radius 1 is 1.12 bits per heavy atom. The topological polar surface area (TPSA) is 75.6 Å². The second kappa shape index (κ2) is 8.42. The van der Waals surface area contributed by atoms with Crippen LogP contribution in [-0.4, -0.2) is 30.6 Å². The number of hydrogen-bond donors (Lipinski definition) is 2. The molecule has 2 rings (SSSR count). The summed E-state index contributed by atoms with van der Waals surface area (Å²) in [6.45, 7) is -0.422. The number of methoxy groups -OCH3 is 1. The average Bonchev–Trinajstić information content (AvgIpc) is 2.65. The van der Waals surface area contributed by atoms with Gasteiger partial charge in [0.2, 0.25) is 0 Å². The molecule has 0 aliphatic rings. The van der Waals surface area contributed by atoms with E-state index in [9.17, 15) is 23.5 Å². The smallest absolute Gasteiger partial charge is 0.349 e. The van der Waals surface area contributed by atoms with Gasteiger partial charge in [0.1, 0.15) is 5.75 Å². The zero-order chi connectivity index (χ0) is 19.2. The van der Waals surface area contributed by atoms with E-state index in [0.717, 1.165) is 12.1 Å². The average molecular weight is 363 g/mol. The van der Waals surface area contributed by atoms with Crippen molar-refractivity contribution in [1.82, 2.24) is 5.32 Å². The fourth-order valence-corrected chi connectivity index (χ4v) is 2.49. The van der Waals surface area contributed by atoms with Crippen LogP contribution in [0, 0.1) is 5.92 Å². The standard InChI is InChI=1S/C19H19F2NO4/c1-26-16-10-6-5-7-13(16)11-14(17(23)24)12-22-18(25)19(20,21)15-8-3-2-4-9-15/h2-10,14H,11-12H2,1H3,(H,22,25)(H,23,24). The Morgan fingerprint density at radius 3 is 2.35 bits per heavy atom. The largest absolute Gasteiger partial charge is 0.496 e. The summed E-state index contributed by atoms with van der Waals surface area (Å²) in [5.41, 5.74) is 0.167. The van der Waals surface area contributed by atoms with Gasteiger partial charge in [-0.25, -0.2) is 0 Å². The summed E-state index contributed by atoms with van der Waals surface area (Å²) in [6.07, 6.45) is 0.0382. The van der Waals surface area contributed by atoms with Gasteiger partial charge in [0.25, 0.3) is 5.91 Å². The molecule has 2 aromatic carbocycles. The van der Waals surface area contributed by atoms with Crippen molar-refractivity contribution in [2.24, 2.45) is 5.92 Å². The molecule has 138 valence electrons. The summed E-state index contributed by atoms with van der Waals surface area (Å²) in [5.74, 6) is -7.04. The Labute approximate surface area is 149 Å². The highest BCUT2D eigenvalue weighted by Gasteiger charge is 2.41. The Bertz CT molecular complexity index is 765. The highest BCUT2D eigenvalue weighted by atomic mass is 19.3. The molecule has 2 N–H and O–H groups in total. The molecule has 26 heavy (non-hydrogen) atoms. The maximum Gasteiger partial charge on any atom is 0.349 e. The highest BCUT2D eigenvalue weighted by Crippen LogP contribution is 2.28. The van der Waals surface area contributed by atoms with E-state index in [2.05, 4.69) is 0 Å². The van der Waals surface area contributed by atoms with Crippen LogP contribution in [0.15, 0.2) is 54.6 Å². The lowest BCUT2D eigenvalue weighted by molar-refractivity contribution is -0.148. The van der Waals surface area contributed by atoms with E-state index in [-0.39, 0.29) is 6.42 Å². The number of rotatable bonds is 8. The van der Waals surface area contributed by atoms with E-state index in [0.29, 0.717) is 11.3 Å². The molecule has 1 unspecified atom stereocenters. The Kier molecular flexibility index (Phi) is 6.27. The van der Waals surface area contributed by atoms with Crippen LogP contribution in [0.1, 0.15) is 11.1 Å². The fourth-order valence-electron chi connectivity index (χ4n) is 2.49. The molecule has 0 aromatic heterocycles. The van der Waals surface area contributed by atoms with E-state index >= 15 is 0 Å². The minimum absolute atomic E-state index is 0.0382. The van der Waals surface area contributed by atoms with E-state index in [4.69, 9.17) is 4.74 Å². The number of aliphatic carboxylic acids is 1. The Hall–Kier alpha value is -2.96. The van der Waals surface area contributed by atoms with Gasteiger partial charge >= 0.3 is 11.9 Å². The zero-order valence-electron chi connectivity index (χ0n) is 14.1. The maximum absolute atomic E-state index is 14.2. The monoisotopic (exact) mass is 363 g/mol. The minimum Gasteiger partial charge on any atom is -0.496 e. The van der Waals surface area contributed by atoms with Crippen molar-refractivity contribution < 1.29 is 28.2 Å². The molecule has 0 saturated heterocycles. The predicted octanol–water partition coefficient (Wildman–Crippen LogP) is 2.85. The summed E-state index contributed by atoms with van der Waals surface area (Å²) in [6, 6.07) is 13.5. The lowest BCUT2D eigenvalue weighted by atomic mass is 9.98. The third kappa shape index (κ3) is 4.56. The number of carbonyl (C=O) groups is 2. The van der Waals surface area contributed by atoms with Crippen LogP contribution in [0.4, 0.5) is 8.78 Å². The molecule has 1 amide bonds. The molecule has 7 heteroatoms. The summed E-state index contributed by atoms with van der Waals surface area (Å²) < 4.78 is 33.5. The van der Waals surface area contributed by atoms with E-state index in [1.54, 1.807) is 30.3 Å². The van der Waals surface area contributed by atoms with Crippen LogP contribution in [0.2, 0.25) is 0 Å². The summed E-state index contributed by atoms with van der Waals surface area (Å²) in [4.78, 5) is 23.3. The summed E-state index contributed by atoms with van der Waals surface area (Å²) in [7, 11) is 1.46. The number of halogens is 2. The lowest BCUT2D eigenvalue weighted by Crippen LogP contribution is -2.42. The minimum atomic E-state index is -3.74. The number of carbonyl (C=O) groups excluding carboxylic acids is 1. The zero-order valence-corrected chi connectivity index (χ0v) is 14.1. The predicted molar refractivity (Wildman–Crippen MR) is 91.2 cm³/mol. The lowest BCUT2D eigenvalue weighted by Gasteiger charge is -2.19. The second-order valence-electron chi connectivity index (χ2n) is 5.70. The first kappa shape index (κ1) is 19.4. The van der Waals surface area contributed by atoms with Crippen LogP contribution < -0.4 is 10.1 Å². The third-order valence-electron chi connectivity index (χ3n) is 3.94. The quantitative estimate of drug-likeness (QED) is 0.756. The molecule has 0 bridgehead atoms. The van der Waals surface area contributed by atoms with Gasteiger partial charge in [-0.2, -0.15) is 8.78 Å². The van der Waals surface area contributed by atoms with Crippen LogP contribution in [0.3, 0.4) is 0 Å². The number of carboxylic acids is 1. The van der Waals surface area contributed by atoms with E-state index in [1.165, 1.54) is 19.2 Å². The number of carboxylic acid groups (broad SMARTS) is 1. The van der Waals surface area contributed by atoms with Gasteiger partial charge in [-0.05, 0) is 18.1 Å². The van der Waals surface area contributed by atoms with Crippen molar-refractivity contribution in [3.05, 3.63) is 65.7 Å². The number of benzene rings is 2. The van der Waals surface area contributed by atoms with Crippen LogP contribution in [-0.2, 0) is 21.9 Å². The number of para-hydroxylation sites is 1. The molecule has 0 heterocycles. The summed E-state index contributed by atoms with van der Waals surface area (Å²) in [5, 5.41) is 11.4. The molecular formula is C19H19F2NO4. The molecule has 0 spiro atoms. The first-order chi connectivity index (χ1) is 12.4. The van der Waals surface area contributed by atoms with Gasteiger partial charge in [-0.3, -0.25) is 9.59 Å². The van der Waals surface area contributed by atoms with Gasteiger partial charge in [-0.1, -0.05) is 48.5 Å². The van der Waals surface area contributed by atoms with Gasteiger partial charge in [0, 0.05) is 12.1 Å². The third-order valence-corrected chi connectivity index (χ3v) is 3.94. The van der Waals surface area contributed by atoms with Crippen molar-refractivity contribution in [2.75, 3.05) is 13.7 Å². The molecule has 0 radical (unpaired) electrons. The molecule has 0 aliphatic heterocycles. The Balaban J connectivity index is 2.06. The van der Waals surface area contributed by atoms with Crippen molar-refractivity contribution >= 4 is 11.9 Å². The first-order valence-electron chi connectivity index (χ1n) is 7.92. The first-order valence-corrected chi connectivity index (χ1v) is 7.92. The van der Waals surface area contributed by atoms with E-state index in [1.807, 2.05) is 5.32 Å².